The van der Waals surface area contributed by atoms with E-state index < -0.39 is 0 Å². The van der Waals surface area contributed by atoms with Crippen LogP contribution in [0, 0.1) is 19.7 Å². The maximum atomic E-state index is 12.9. The topological polar surface area (TPSA) is 63.8 Å². The third kappa shape index (κ3) is 3.33. The van der Waals surface area contributed by atoms with Crippen LogP contribution in [0.2, 0.25) is 0 Å². The molecule has 0 bridgehead atoms. The summed E-state index contributed by atoms with van der Waals surface area (Å²) in [5.74, 6) is 5.39. The van der Waals surface area contributed by atoms with Crippen LogP contribution in [-0.2, 0) is 6.42 Å². The molecule has 0 radical (unpaired) electrons. The number of benzene rings is 1. The first-order valence-electron chi connectivity index (χ1n) is 6.11. The first-order chi connectivity index (χ1) is 9.10. The number of hydrazine groups is 1. The minimum atomic E-state index is -0.237. The van der Waals surface area contributed by atoms with E-state index in [0.717, 1.165) is 22.5 Å². The number of nitrogens with zero attached hydrogens (tertiary/aromatic N) is 2. The molecule has 1 aromatic heterocycles. The van der Waals surface area contributed by atoms with Gasteiger partial charge in [0.15, 0.2) is 0 Å². The summed E-state index contributed by atoms with van der Waals surface area (Å²) < 4.78 is 12.9. The average Bonchev–Trinajstić information content (AvgIpc) is 2.41. The molecule has 0 saturated heterocycles. The number of aryl methyl sites for hydroxylation is 2. The van der Waals surface area contributed by atoms with Crippen molar-refractivity contribution in [2.45, 2.75) is 26.3 Å². The average molecular weight is 260 g/mol. The van der Waals surface area contributed by atoms with Crippen molar-refractivity contribution in [3.63, 3.8) is 0 Å². The van der Waals surface area contributed by atoms with Crippen molar-refractivity contribution < 1.29 is 4.39 Å². The monoisotopic (exact) mass is 260 g/mol. The SMILES string of the molecule is Cc1cc(C(Cc2ccc(F)cc2)NN)c(C)nn1. The zero-order chi connectivity index (χ0) is 13.8. The molecule has 0 saturated carbocycles. The minimum Gasteiger partial charge on any atom is -0.271 e. The summed E-state index contributed by atoms with van der Waals surface area (Å²) in [6, 6.07) is 8.32. The number of rotatable bonds is 4. The Hall–Kier alpha value is -1.85. The van der Waals surface area contributed by atoms with E-state index in [4.69, 9.17) is 5.84 Å². The van der Waals surface area contributed by atoms with E-state index >= 15 is 0 Å². The first-order valence-corrected chi connectivity index (χ1v) is 6.11. The van der Waals surface area contributed by atoms with Gasteiger partial charge < -0.3 is 0 Å². The van der Waals surface area contributed by atoms with Crippen molar-refractivity contribution in [1.82, 2.24) is 15.6 Å². The van der Waals surface area contributed by atoms with Gasteiger partial charge >= 0.3 is 0 Å². The second-order valence-electron chi connectivity index (χ2n) is 4.58. The molecule has 1 aromatic carbocycles. The Morgan fingerprint density at radius 3 is 2.53 bits per heavy atom. The molecule has 2 rings (SSSR count). The zero-order valence-corrected chi connectivity index (χ0v) is 11.0. The molecule has 1 heterocycles. The van der Waals surface area contributed by atoms with Crippen LogP contribution in [0.15, 0.2) is 30.3 Å². The summed E-state index contributed by atoms with van der Waals surface area (Å²) >= 11 is 0. The van der Waals surface area contributed by atoms with Gasteiger partial charge in [-0.3, -0.25) is 11.3 Å². The highest BCUT2D eigenvalue weighted by molar-refractivity contribution is 5.27. The second-order valence-corrected chi connectivity index (χ2v) is 4.58. The van der Waals surface area contributed by atoms with Gasteiger partial charge in [-0.25, -0.2) is 4.39 Å². The first kappa shape index (κ1) is 13.6. The number of aromatic nitrogens is 2. The van der Waals surface area contributed by atoms with E-state index in [1.54, 1.807) is 12.1 Å². The van der Waals surface area contributed by atoms with E-state index in [2.05, 4.69) is 15.6 Å². The molecule has 1 unspecified atom stereocenters. The normalized spacial score (nSPS) is 12.4. The molecule has 1 atom stereocenters. The molecular formula is C14H17FN4. The highest BCUT2D eigenvalue weighted by Crippen LogP contribution is 2.20. The molecule has 100 valence electrons. The van der Waals surface area contributed by atoms with Gasteiger partial charge in [-0.15, -0.1) is 0 Å². The van der Waals surface area contributed by atoms with Crippen LogP contribution in [0.5, 0.6) is 0 Å². The largest absolute Gasteiger partial charge is 0.271 e. The number of hydrogen-bond donors (Lipinski definition) is 2. The Morgan fingerprint density at radius 2 is 1.89 bits per heavy atom. The summed E-state index contributed by atoms with van der Waals surface area (Å²) in [6.45, 7) is 3.79. The van der Waals surface area contributed by atoms with Crippen LogP contribution in [0.25, 0.3) is 0 Å². The van der Waals surface area contributed by atoms with Gasteiger partial charge in [0.1, 0.15) is 5.82 Å². The fourth-order valence-electron chi connectivity index (χ4n) is 2.04. The fraction of sp³-hybridized carbons (Fsp3) is 0.286. The van der Waals surface area contributed by atoms with Gasteiger partial charge in [0, 0.05) is 0 Å². The number of nitrogens with two attached hydrogens (primary N) is 1. The van der Waals surface area contributed by atoms with E-state index in [1.807, 2.05) is 19.9 Å². The smallest absolute Gasteiger partial charge is 0.123 e. The van der Waals surface area contributed by atoms with Gasteiger partial charge in [-0.1, -0.05) is 12.1 Å². The molecule has 3 N–H and O–H groups in total. The quantitative estimate of drug-likeness (QED) is 0.651. The van der Waals surface area contributed by atoms with Crippen molar-refractivity contribution in [3.05, 3.63) is 58.7 Å². The Labute approximate surface area is 111 Å². The molecule has 0 fully saturated rings. The maximum Gasteiger partial charge on any atom is 0.123 e. The summed E-state index contributed by atoms with van der Waals surface area (Å²) in [6.07, 6.45) is 0.669. The zero-order valence-electron chi connectivity index (χ0n) is 11.0. The molecule has 0 amide bonds. The Morgan fingerprint density at radius 1 is 1.21 bits per heavy atom. The lowest BCUT2D eigenvalue weighted by atomic mass is 9.98. The van der Waals surface area contributed by atoms with Crippen LogP contribution >= 0.6 is 0 Å². The lowest BCUT2D eigenvalue weighted by Gasteiger charge is -2.18. The fourth-order valence-corrected chi connectivity index (χ4v) is 2.04. The van der Waals surface area contributed by atoms with E-state index in [1.165, 1.54) is 12.1 Å². The summed E-state index contributed by atoms with van der Waals surface area (Å²) in [5.41, 5.74) is 6.50. The predicted octanol–water partition coefficient (Wildman–Crippen LogP) is 1.98. The molecule has 0 aliphatic rings. The molecule has 0 spiro atoms. The van der Waals surface area contributed by atoms with E-state index in [0.29, 0.717) is 6.42 Å². The van der Waals surface area contributed by atoms with Gasteiger partial charge in [0.05, 0.1) is 17.4 Å². The lowest BCUT2D eigenvalue weighted by Crippen LogP contribution is -2.30. The van der Waals surface area contributed by atoms with Crippen LogP contribution in [0.4, 0.5) is 4.39 Å². The molecule has 4 nitrogen and oxygen atoms in total. The molecular weight excluding hydrogens is 243 g/mol. The van der Waals surface area contributed by atoms with Crippen LogP contribution in [-0.4, -0.2) is 10.2 Å². The van der Waals surface area contributed by atoms with Crippen molar-refractivity contribution in [3.8, 4) is 0 Å². The number of halogens is 1. The molecule has 0 aliphatic heterocycles. The van der Waals surface area contributed by atoms with E-state index in [-0.39, 0.29) is 11.9 Å². The number of nitrogens with one attached hydrogen (secondary N) is 1. The van der Waals surface area contributed by atoms with Crippen LogP contribution in [0.3, 0.4) is 0 Å². The molecule has 2 aromatic rings. The molecule has 19 heavy (non-hydrogen) atoms. The van der Waals surface area contributed by atoms with Crippen molar-refractivity contribution in [1.29, 1.82) is 0 Å². The van der Waals surface area contributed by atoms with Gasteiger partial charge in [0.25, 0.3) is 0 Å². The molecule has 0 aliphatic carbocycles. The predicted molar refractivity (Wildman–Crippen MR) is 71.7 cm³/mol. The standard InChI is InChI=1S/C14H17FN4/c1-9-7-13(10(2)19-18-9)14(17-16)8-11-3-5-12(15)6-4-11/h3-7,14,17H,8,16H2,1-2H3. The Bertz CT molecular complexity index is 554. The summed E-state index contributed by atoms with van der Waals surface area (Å²) in [4.78, 5) is 0. The Balaban J connectivity index is 2.24. The van der Waals surface area contributed by atoms with Crippen molar-refractivity contribution >= 4 is 0 Å². The maximum absolute atomic E-state index is 12.9. The summed E-state index contributed by atoms with van der Waals surface area (Å²) in [7, 11) is 0. The van der Waals surface area contributed by atoms with Crippen molar-refractivity contribution in [2.75, 3.05) is 0 Å². The van der Waals surface area contributed by atoms with E-state index in [9.17, 15) is 4.39 Å². The molecule has 5 heteroatoms. The van der Waals surface area contributed by atoms with Gasteiger partial charge in [0.2, 0.25) is 0 Å². The lowest BCUT2D eigenvalue weighted by molar-refractivity contribution is 0.543. The number of hydrogen-bond acceptors (Lipinski definition) is 4. The van der Waals surface area contributed by atoms with Gasteiger partial charge in [-0.05, 0) is 49.6 Å². The minimum absolute atomic E-state index is 0.0698. The third-order valence-corrected chi connectivity index (χ3v) is 3.07. The highest BCUT2D eigenvalue weighted by Gasteiger charge is 2.14. The third-order valence-electron chi connectivity index (χ3n) is 3.07. The van der Waals surface area contributed by atoms with Crippen LogP contribution in [0.1, 0.15) is 28.6 Å². The Kier molecular flexibility index (Phi) is 4.19. The second kappa shape index (κ2) is 5.86. The van der Waals surface area contributed by atoms with Crippen molar-refractivity contribution in [2.24, 2.45) is 5.84 Å². The summed E-state index contributed by atoms with van der Waals surface area (Å²) in [5, 5.41) is 8.10. The van der Waals surface area contributed by atoms with Crippen LogP contribution < -0.4 is 11.3 Å². The highest BCUT2D eigenvalue weighted by atomic mass is 19.1. The van der Waals surface area contributed by atoms with Gasteiger partial charge in [-0.2, -0.15) is 10.2 Å².